The zero-order valence-electron chi connectivity index (χ0n) is 13.8. The Morgan fingerprint density at radius 3 is 2.21 bits per heavy atom. The molecule has 0 amide bonds. The number of unbranched alkanes of at least 4 members (excludes halogenated alkanes) is 1. The summed E-state index contributed by atoms with van der Waals surface area (Å²) in [5.74, 6) is -2.90. The highest BCUT2D eigenvalue weighted by atomic mass is 35.5. The van der Waals surface area contributed by atoms with E-state index in [2.05, 4.69) is 12.2 Å². The number of benzene rings is 1. The summed E-state index contributed by atoms with van der Waals surface area (Å²) in [7, 11) is 0. The van der Waals surface area contributed by atoms with Gasteiger partial charge in [-0.1, -0.05) is 36.5 Å². The van der Waals surface area contributed by atoms with Crippen LogP contribution in [0.15, 0.2) is 12.1 Å². The summed E-state index contributed by atoms with van der Waals surface area (Å²) in [6.45, 7) is 6.87. The maximum atomic E-state index is 9.10. The van der Waals surface area contributed by atoms with Crippen LogP contribution in [-0.4, -0.2) is 41.8 Å². The van der Waals surface area contributed by atoms with E-state index in [1.165, 1.54) is 12.8 Å². The van der Waals surface area contributed by atoms with Crippen LogP contribution in [-0.2, 0) is 9.59 Å². The SMILES string of the molecule is CCCCNCCCOc1c(C)cc(Cl)cc1Cl.O=C(O)C(=O)O. The number of carboxylic acid groups (broad SMARTS) is 2. The molecule has 0 radical (unpaired) electrons. The summed E-state index contributed by atoms with van der Waals surface area (Å²) in [6.07, 6.45) is 3.42. The molecule has 0 unspecified atom stereocenters. The van der Waals surface area contributed by atoms with Crippen molar-refractivity contribution in [1.29, 1.82) is 0 Å². The normalized spacial score (nSPS) is 9.83. The van der Waals surface area contributed by atoms with E-state index < -0.39 is 11.9 Å². The van der Waals surface area contributed by atoms with Crippen LogP contribution in [0.2, 0.25) is 10.0 Å². The summed E-state index contributed by atoms with van der Waals surface area (Å²) in [5, 5.41) is 19.4. The number of aryl methyl sites for hydroxylation is 1. The average Bonchev–Trinajstić information content (AvgIpc) is 2.49. The first kappa shape index (κ1) is 22.5. The lowest BCUT2D eigenvalue weighted by atomic mass is 10.2. The van der Waals surface area contributed by atoms with Crippen LogP contribution >= 0.6 is 23.2 Å². The molecule has 1 aromatic rings. The number of aliphatic carboxylic acids is 2. The highest BCUT2D eigenvalue weighted by Gasteiger charge is 2.07. The van der Waals surface area contributed by atoms with E-state index in [0.29, 0.717) is 16.7 Å². The number of rotatable bonds is 8. The van der Waals surface area contributed by atoms with Crippen LogP contribution in [0.5, 0.6) is 5.75 Å². The minimum absolute atomic E-state index is 0.582. The predicted molar refractivity (Wildman–Crippen MR) is 94.4 cm³/mol. The van der Waals surface area contributed by atoms with E-state index in [0.717, 1.165) is 30.8 Å². The van der Waals surface area contributed by atoms with E-state index >= 15 is 0 Å². The van der Waals surface area contributed by atoms with Crippen LogP contribution < -0.4 is 10.1 Å². The fraction of sp³-hybridized carbons (Fsp3) is 0.500. The number of carbonyl (C=O) groups is 2. The second-order valence-electron chi connectivity index (χ2n) is 4.95. The Morgan fingerprint density at radius 1 is 1.12 bits per heavy atom. The van der Waals surface area contributed by atoms with E-state index in [-0.39, 0.29) is 0 Å². The van der Waals surface area contributed by atoms with E-state index in [9.17, 15) is 0 Å². The molecule has 0 aliphatic rings. The quantitative estimate of drug-likeness (QED) is 0.471. The van der Waals surface area contributed by atoms with Crippen LogP contribution in [0, 0.1) is 6.92 Å². The van der Waals surface area contributed by atoms with Gasteiger partial charge in [-0.3, -0.25) is 0 Å². The molecule has 0 fully saturated rings. The van der Waals surface area contributed by atoms with Crippen molar-refractivity contribution in [2.75, 3.05) is 19.7 Å². The zero-order chi connectivity index (χ0) is 18.5. The Morgan fingerprint density at radius 2 is 1.71 bits per heavy atom. The first-order chi connectivity index (χ1) is 11.3. The monoisotopic (exact) mass is 379 g/mol. The molecule has 1 aromatic carbocycles. The van der Waals surface area contributed by atoms with Crippen molar-refractivity contribution < 1.29 is 24.5 Å². The summed E-state index contributed by atoms with van der Waals surface area (Å²) in [6, 6.07) is 3.58. The molecule has 0 aliphatic heterocycles. The second-order valence-corrected chi connectivity index (χ2v) is 5.79. The number of halogens is 2. The lowest BCUT2D eigenvalue weighted by Gasteiger charge is -2.11. The largest absolute Gasteiger partial charge is 0.492 e. The Kier molecular flexibility index (Phi) is 12.1. The summed E-state index contributed by atoms with van der Waals surface area (Å²) in [5.41, 5.74) is 0.978. The van der Waals surface area contributed by atoms with Crippen molar-refractivity contribution >= 4 is 35.1 Å². The van der Waals surface area contributed by atoms with E-state index in [1.54, 1.807) is 6.07 Å². The van der Waals surface area contributed by atoms with Gasteiger partial charge >= 0.3 is 11.9 Å². The summed E-state index contributed by atoms with van der Waals surface area (Å²) in [4.78, 5) is 18.2. The smallest absolute Gasteiger partial charge is 0.414 e. The number of nitrogens with one attached hydrogen (secondary N) is 1. The van der Waals surface area contributed by atoms with Gasteiger partial charge in [-0.25, -0.2) is 9.59 Å². The zero-order valence-corrected chi connectivity index (χ0v) is 15.3. The van der Waals surface area contributed by atoms with Crippen molar-refractivity contribution in [2.24, 2.45) is 0 Å². The number of hydrogen-bond acceptors (Lipinski definition) is 4. The van der Waals surface area contributed by atoms with Crippen LogP contribution in [0.3, 0.4) is 0 Å². The minimum atomic E-state index is -1.82. The molecule has 0 saturated carbocycles. The first-order valence-corrected chi connectivity index (χ1v) is 8.30. The maximum Gasteiger partial charge on any atom is 0.414 e. The van der Waals surface area contributed by atoms with Gasteiger partial charge in [0, 0.05) is 5.02 Å². The lowest BCUT2D eigenvalue weighted by molar-refractivity contribution is -0.159. The molecule has 0 aliphatic carbocycles. The molecule has 1 rings (SSSR count). The third-order valence-corrected chi connectivity index (χ3v) is 3.33. The van der Waals surface area contributed by atoms with Gasteiger partial charge in [0.15, 0.2) is 0 Å². The lowest BCUT2D eigenvalue weighted by Crippen LogP contribution is -2.18. The molecule has 3 N–H and O–H groups in total. The van der Waals surface area contributed by atoms with Crippen molar-refractivity contribution in [3.63, 3.8) is 0 Å². The van der Waals surface area contributed by atoms with Crippen molar-refractivity contribution in [3.8, 4) is 5.75 Å². The third kappa shape index (κ3) is 10.3. The fourth-order valence-corrected chi connectivity index (χ4v) is 2.32. The fourth-order valence-electron chi connectivity index (χ4n) is 1.67. The molecule has 8 heteroatoms. The summed E-state index contributed by atoms with van der Waals surface area (Å²) < 4.78 is 5.70. The average molecular weight is 380 g/mol. The maximum absolute atomic E-state index is 9.10. The molecular weight excluding hydrogens is 357 g/mol. The molecule has 136 valence electrons. The number of carboxylic acids is 2. The van der Waals surface area contributed by atoms with Gasteiger partial charge in [0.2, 0.25) is 0 Å². The van der Waals surface area contributed by atoms with Crippen molar-refractivity contribution in [2.45, 2.75) is 33.1 Å². The molecule has 0 bridgehead atoms. The Hall–Kier alpha value is -1.50. The second kappa shape index (κ2) is 12.9. The van der Waals surface area contributed by atoms with E-state index in [1.807, 2.05) is 13.0 Å². The van der Waals surface area contributed by atoms with Crippen molar-refractivity contribution in [3.05, 3.63) is 27.7 Å². The van der Waals surface area contributed by atoms with Gasteiger partial charge in [0.05, 0.1) is 11.6 Å². The Bertz CT molecular complexity index is 502. The minimum Gasteiger partial charge on any atom is -0.492 e. The number of hydrogen-bond donors (Lipinski definition) is 3. The van der Waals surface area contributed by atoms with Gasteiger partial charge < -0.3 is 20.3 Å². The molecule has 0 aromatic heterocycles. The van der Waals surface area contributed by atoms with Crippen LogP contribution in [0.1, 0.15) is 31.7 Å². The summed E-state index contributed by atoms with van der Waals surface area (Å²) >= 11 is 12.0. The first-order valence-electron chi connectivity index (χ1n) is 7.55. The highest BCUT2D eigenvalue weighted by Crippen LogP contribution is 2.31. The van der Waals surface area contributed by atoms with Gasteiger partial charge in [0.25, 0.3) is 0 Å². The Balaban J connectivity index is 0.000000754. The van der Waals surface area contributed by atoms with Gasteiger partial charge in [-0.15, -0.1) is 0 Å². The Labute approximate surface area is 151 Å². The van der Waals surface area contributed by atoms with Gasteiger partial charge in [-0.05, 0) is 50.6 Å². The van der Waals surface area contributed by atoms with E-state index in [4.69, 9.17) is 47.7 Å². The standard InChI is InChI=1S/C14H21Cl2NO.C2H2O4/c1-3-4-6-17-7-5-8-18-14-11(2)9-12(15)10-13(14)16;3-1(4)2(5)6/h9-10,17H,3-8H2,1-2H3;(H,3,4)(H,5,6). The molecule has 24 heavy (non-hydrogen) atoms. The topological polar surface area (TPSA) is 95.9 Å². The molecule has 0 saturated heterocycles. The van der Waals surface area contributed by atoms with Crippen LogP contribution in [0.25, 0.3) is 0 Å². The molecule has 6 nitrogen and oxygen atoms in total. The third-order valence-electron chi connectivity index (χ3n) is 2.83. The van der Waals surface area contributed by atoms with Crippen molar-refractivity contribution in [1.82, 2.24) is 5.32 Å². The number of ether oxygens (including phenoxy) is 1. The molecular formula is C16H23Cl2NO5. The van der Waals surface area contributed by atoms with Gasteiger partial charge in [0.1, 0.15) is 5.75 Å². The molecule has 0 spiro atoms. The van der Waals surface area contributed by atoms with Crippen LogP contribution in [0.4, 0.5) is 0 Å². The predicted octanol–water partition coefficient (Wildman–Crippen LogP) is 3.62. The van der Waals surface area contributed by atoms with Gasteiger partial charge in [-0.2, -0.15) is 0 Å². The molecule has 0 atom stereocenters. The highest BCUT2D eigenvalue weighted by molar-refractivity contribution is 6.35. The molecule has 0 heterocycles.